The molecule has 1 heterocycles. The fourth-order valence-electron chi connectivity index (χ4n) is 3.91. The monoisotopic (exact) mass is 448 g/mol. The van der Waals surface area contributed by atoms with E-state index in [1.165, 1.54) is 0 Å². The normalized spacial score (nSPS) is 12.7. The molecule has 0 fully saturated rings. The summed E-state index contributed by atoms with van der Waals surface area (Å²) in [5, 5.41) is 3.10. The highest BCUT2D eigenvalue weighted by Gasteiger charge is 2.29. The lowest BCUT2D eigenvalue weighted by Crippen LogP contribution is -2.28. The molecule has 0 aliphatic carbocycles. The van der Waals surface area contributed by atoms with Crippen molar-refractivity contribution in [3.8, 4) is 0 Å². The molecule has 0 atom stereocenters. The van der Waals surface area contributed by atoms with Crippen LogP contribution >= 0.6 is 15.9 Å². The highest BCUT2D eigenvalue weighted by Crippen LogP contribution is 2.39. The highest BCUT2D eigenvalue weighted by atomic mass is 79.9. The third-order valence-electron chi connectivity index (χ3n) is 5.19. The second-order valence-corrected chi connectivity index (χ2v) is 8.04. The number of hydrogen-bond donors (Lipinski definition) is 1. The van der Waals surface area contributed by atoms with Gasteiger partial charge in [0, 0.05) is 17.9 Å². The van der Waals surface area contributed by atoms with Crippen molar-refractivity contribution in [1.29, 1.82) is 0 Å². The number of halogens is 1. The number of carbonyl (C=O) groups is 2. The number of fused-ring (bicyclic) bond motifs is 1. The predicted molar refractivity (Wildman–Crippen MR) is 119 cm³/mol. The molecule has 0 bridgehead atoms. The van der Waals surface area contributed by atoms with Gasteiger partial charge in [-0.15, -0.1) is 0 Å². The van der Waals surface area contributed by atoms with E-state index in [0.717, 1.165) is 33.3 Å². The number of amides is 2. The Morgan fingerprint density at radius 1 is 0.966 bits per heavy atom. The summed E-state index contributed by atoms with van der Waals surface area (Å²) in [5.41, 5.74) is 4.36. The van der Waals surface area contributed by atoms with Gasteiger partial charge < -0.3 is 10.2 Å². The molecule has 2 amide bonds. The Morgan fingerprint density at radius 3 is 2.10 bits per heavy atom. The SMILES string of the molecule is CC(=O)N1CCc2cc(Br)cc(NC(=O)C(c3ccccc3)c3ccccc3)c21. The summed E-state index contributed by atoms with van der Waals surface area (Å²) in [7, 11) is 0. The zero-order valence-corrected chi connectivity index (χ0v) is 17.6. The van der Waals surface area contributed by atoms with Crippen LogP contribution in [0.15, 0.2) is 77.3 Å². The fourth-order valence-corrected chi connectivity index (χ4v) is 4.42. The van der Waals surface area contributed by atoms with Gasteiger partial charge >= 0.3 is 0 Å². The summed E-state index contributed by atoms with van der Waals surface area (Å²) in [6, 6.07) is 23.4. The Balaban J connectivity index is 1.74. The number of anilines is 2. The van der Waals surface area contributed by atoms with Crippen LogP contribution in [0.2, 0.25) is 0 Å². The minimum atomic E-state index is -0.445. The third kappa shape index (κ3) is 3.96. The number of benzene rings is 3. The molecular formula is C24H21BrN2O2. The van der Waals surface area contributed by atoms with E-state index >= 15 is 0 Å². The fraction of sp³-hybridized carbons (Fsp3) is 0.167. The molecule has 0 spiro atoms. The van der Waals surface area contributed by atoms with Crippen molar-refractivity contribution in [1.82, 2.24) is 0 Å². The second kappa shape index (κ2) is 8.21. The zero-order chi connectivity index (χ0) is 20.4. The van der Waals surface area contributed by atoms with Crippen LogP contribution in [0.1, 0.15) is 29.5 Å². The molecule has 146 valence electrons. The van der Waals surface area contributed by atoms with E-state index in [2.05, 4.69) is 21.2 Å². The van der Waals surface area contributed by atoms with Crippen LogP contribution in [-0.4, -0.2) is 18.4 Å². The lowest BCUT2D eigenvalue weighted by Gasteiger charge is -2.22. The Kier molecular flexibility index (Phi) is 5.49. The van der Waals surface area contributed by atoms with E-state index in [9.17, 15) is 9.59 Å². The van der Waals surface area contributed by atoms with Gasteiger partial charge in [-0.1, -0.05) is 76.6 Å². The van der Waals surface area contributed by atoms with Gasteiger partial charge in [0.15, 0.2) is 0 Å². The van der Waals surface area contributed by atoms with E-state index in [4.69, 9.17) is 0 Å². The topological polar surface area (TPSA) is 49.4 Å². The first-order chi connectivity index (χ1) is 14.0. The first kappa shape index (κ1) is 19.4. The lowest BCUT2D eigenvalue weighted by atomic mass is 9.90. The molecule has 0 saturated heterocycles. The van der Waals surface area contributed by atoms with Crippen molar-refractivity contribution in [2.75, 3.05) is 16.8 Å². The Hall–Kier alpha value is -2.92. The first-order valence-electron chi connectivity index (χ1n) is 9.56. The molecule has 0 radical (unpaired) electrons. The quantitative estimate of drug-likeness (QED) is 0.601. The molecule has 3 aromatic rings. The molecule has 4 rings (SSSR count). The van der Waals surface area contributed by atoms with Crippen LogP contribution in [-0.2, 0) is 16.0 Å². The summed E-state index contributed by atoms with van der Waals surface area (Å²) in [6.45, 7) is 2.18. The van der Waals surface area contributed by atoms with Gasteiger partial charge in [-0.25, -0.2) is 0 Å². The molecule has 0 saturated carbocycles. The van der Waals surface area contributed by atoms with Crippen molar-refractivity contribution in [2.45, 2.75) is 19.3 Å². The molecule has 0 unspecified atom stereocenters. The molecule has 1 aliphatic heterocycles. The Bertz CT molecular complexity index is 1010. The van der Waals surface area contributed by atoms with Crippen molar-refractivity contribution < 1.29 is 9.59 Å². The maximum Gasteiger partial charge on any atom is 0.236 e. The van der Waals surface area contributed by atoms with Gasteiger partial charge in [-0.05, 0) is 35.2 Å². The summed E-state index contributed by atoms with van der Waals surface area (Å²) in [4.78, 5) is 27.3. The van der Waals surface area contributed by atoms with Gasteiger partial charge in [-0.3, -0.25) is 9.59 Å². The minimum Gasteiger partial charge on any atom is -0.323 e. The van der Waals surface area contributed by atoms with Gasteiger partial charge in [0.2, 0.25) is 11.8 Å². The molecule has 4 nitrogen and oxygen atoms in total. The van der Waals surface area contributed by atoms with E-state index in [0.29, 0.717) is 12.2 Å². The Labute approximate surface area is 178 Å². The van der Waals surface area contributed by atoms with Crippen molar-refractivity contribution >= 4 is 39.1 Å². The average Bonchev–Trinajstić information content (AvgIpc) is 3.14. The number of nitrogens with one attached hydrogen (secondary N) is 1. The molecule has 0 aromatic heterocycles. The standard InChI is InChI=1S/C24H21BrN2O2/c1-16(28)27-13-12-19-14-20(25)15-21(23(19)27)26-24(29)22(17-8-4-2-5-9-17)18-10-6-3-7-11-18/h2-11,14-15,22H,12-13H2,1H3,(H,26,29). The summed E-state index contributed by atoms with van der Waals surface area (Å²) in [5.74, 6) is -0.596. The van der Waals surface area contributed by atoms with E-state index in [1.54, 1.807) is 11.8 Å². The minimum absolute atomic E-state index is 0.0239. The van der Waals surface area contributed by atoms with Crippen molar-refractivity contribution in [2.24, 2.45) is 0 Å². The van der Waals surface area contributed by atoms with Gasteiger partial charge in [0.05, 0.1) is 17.3 Å². The van der Waals surface area contributed by atoms with Crippen LogP contribution in [0.5, 0.6) is 0 Å². The lowest BCUT2D eigenvalue weighted by molar-refractivity contribution is -0.117. The largest absolute Gasteiger partial charge is 0.323 e. The average molecular weight is 449 g/mol. The predicted octanol–water partition coefficient (Wildman–Crippen LogP) is 5.13. The van der Waals surface area contributed by atoms with E-state index < -0.39 is 5.92 Å². The zero-order valence-electron chi connectivity index (χ0n) is 16.1. The molecule has 3 aromatic carbocycles. The molecular weight excluding hydrogens is 428 g/mol. The van der Waals surface area contributed by atoms with E-state index in [-0.39, 0.29) is 11.8 Å². The summed E-state index contributed by atoms with van der Waals surface area (Å²) < 4.78 is 0.882. The van der Waals surface area contributed by atoms with Crippen LogP contribution in [0, 0.1) is 0 Å². The molecule has 29 heavy (non-hydrogen) atoms. The van der Waals surface area contributed by atoms with Crippen LogP contribution in [0.3, 0.4) is 0 Å². The maximum atomic E-state index is 13.5. The Morgan fingerprint density at radius 2 is 1.55 bits per heavy atom. The molecule has 1 N–H and O–H groups in total. The maximum absolute atomic E-state index is 13.5. The van der Waals surface area contributed by atoms with Crippen molar-refractivity contribution in [3.63, 3.8) is 0 Å². The number of carbonyl (C=O) groups excluding carboxylic acids is 2. The van der Waals surface area contributed by atoms with E-state index in [1.807, 2.05) is 72.8 Å². The first-order valence-corrected chi connectivity index (χ1v) is 10.3. The second-order valence-electron chi connectivity index (χ2n) is 7.13. The van der Waals surface area contributed by atoms with Crippen LogP contribution in [0.4, 0.5) is 11.4 Å². The summed E-state index contributed by atoms with van der Waals surface area (Å²) >= 11 is 3.53. The number of nitrogens with zero attached hydrogens (tertiary/aromatic N) is 1. The summed E-state index contributed by atoms with van der Waals surface area (Å²) in [6.07, 6.45) is 0.776. The smallest absolute Gasteiger partial charge is 0.236 e. The van der Waals surface area contributed by atoms with Crippen LogP contribution in [0.25, 0.3) is 0 Å². The van der Waals surface area contributed by atoms with Crippen LogP contribution < -0.4 is 10.2 Å². The van der Waals surface area contributed by atoms with Gasteiger partial charge in [0.1, 0.15) is 0 Å². The van der Waals surface area contributed by atoms with Gasteiger partial charge in [0.25, 0.3) is 0 Å². The number of rotatable bonds is 4. The molecule has 5 heteroatoms. The molecule has 1 aliphatic rings. The third-order valence-corrected chi connectivity index (χ3v) is 5.65. The van der Waals surface area contributed by atoms with Crippen molar-refractivity contribution in [3.05, 3.63) is 94.0 Å². The number of hydrogen-bond acceptors (Lipinski definition) is 2. The van der Waals surface area contributed by atoms with Gasteiger partial charge in [-0.2, -0.15) is 0 Å². The highest BCUT2D eigenvalue weighted by molar-refractivity contribution is 9.10.